The lowest BCUT2D eigenvalue weighted by Crippen LogP contribution is -2.48. The van der Waals surface area contributed by atoms with Gasteiger partial charge in [0.15, 0.2) is 5.78 Å². The molecule has 1 aromatic heterocycles. The minimum absolute atomic E-state index is 0.000129. The predicted molar refractivity (Wildman–Crippen MR) is 136 cm³/mol. The van der Waals surface area contributed by atoms with Gasteiger partial charge in [-0.3, -0.25) is 19.3 Å². The van der Waals surface area contributed by atoms with Gasteiger partial charge < -0.3 is 5.32 Å². The van der Waals surface area contributed by atoms with Gasteiger partial charge in [0.25, 0.3) is 0 Å². The van der Waals surface area contributed by atoms with Crippen LogP contribution in [0.25, 0.3) is 0 Å². The van der Waals surface area contributed by atoms with Crippen LogP contribution in [0.5, 0.6) is 0 Å². The molecule has 0 spiro atoms. The third-order valence-electron chi connectivity index (χ3n) is 6.38. The van der Waals surface area contributed by atoms with Crippen LogP contribution >= 0.6 is 11.3 Å². The molecule has 5 nitrogen and oxygen atoms in total. The van der Waals surface area contributed by atoms with E-state index in [1.807, 2.05) is 17.5 Å². The van der Waals surface area contributed by atoms with Crippen molar-refractivity contribution in [2.45, 2.75) is 57.5 Å². The average molecular weight is 493 g/mol. The summed E-state index contributed by atoms with van der Waals surface area (Å²) in [5, 5.41) is 4.97. The minimum Gasteiger partial charge on any atom is -0.351 e. The number of nitrogens with one attached hydrogen (secondary N) is 1. The Hall–Kier alpha value is -3.32. The van der Waals surface area contributed by atoms with Crippen LogP contribution in [0.15, 0.2) is 66.0 Å². The van der Waals surface area contributed by atoms with Crippen LogP contribution in [0.1, 0.15) is 65.9 Å². The number of hydrogen-bond donors (Lipinski definition) is 1. The van der Waals surface area contributed by atoms with Gasteiger partial charge in [0.2, 0.25) is 11.8 Å². The first kappa shape index (κ1) is 24.8. The molecule has 1 aliphatic carbocycles. The summed E-state index contributed by atoms with van der Waals surface area (Å²) in [6, 6.07) is 15.2. The summed E-state index contributed by atoms with van der Waals surface area (Å²) in [7, 11) is 0. The third-order valence-corrected chi connectivity index (χ3v) is 7.26. The number of Topliss-reactive ketones (excluding diaryl/α,β-unsaturated/α-hetero) is 1. The molecule has 0 radical (unpaired) electrons. The number of carbonyl (C=O) groups excluding carboxylic acids is 3. The van der Waals surface area contributed by atoms with Crippen LogP contribution in [0.2, 0.25) is 0 Å². The third kappa shape index (κ3) is 6.03. The highest BCUT2D eigenvalue weighted by atomic mass is 32.1. The topological polar surface area (TPSA) is 66.5 Å². The predicted octanol–water partition coefficient (Wildman–Crippen LogP) is 5.86. The largest absolute Gasteiger partial charge is 0.351 e. The molecule has 4 rings (SSSR count). The number of amides is 2. The zero-order valence-electron chi connectivity index (χ0n) is 19.7. The fourth-order valence-electron chi connectivity index (χ4n) is 4.56. The molecule has 182 valence electrons. The smallest absolute Gasteiger partial charge is 0.248 e. The molecule has 1 aliphatic rings. The lowest BCUT2D eigenvalue weighted by Gasteiger charge is -2.33. The molecule has 1 saturated carbocycles. The van der Waals surface area contributed by atoms with Crippen molar-refractivity contribution in [3.05, 3.63) is 87.9 Å². The van der Waals surface area contributed by atoms with Gasteiger partial charge in [-0.25, -0.2) is 4.39 Å². The summed E-state index contributed by atoms with van der Waals surface area (Å²) < 4.78 is 15.1. The fourth-order valence-corrected chi connectivity index (χ4v) is 5.26. The standard InChI is InChI=1S/C28H29FN2O3S/c1-19(32)20-13-15-22(16-14-20)31(26(33)18-23-10-7-17-35-23)27(24-11-5-6-12-25(24)29)28(34)30-21-8-3-2-4-9-21/h5-7,10-17,21,27H,2-4,8-9,18H2,1H3,(H,30,34). The molecule has 7 heteroatoms. The van der Waals surface area contributed by atoms with Gasteiger partial charge in [-0.15, -0.1) is 11.3 Å². The van der Waals surface area contributed by atoms with Crippen molar-refractivity contribution in [2.24, 2.45) is 0 Å². The number of rotatable bonds is 8. The quantitative estimate of drug-likeness (QED) is 0.401. The lowest BCUT2D eigenvalue weighted by atomic mass is 9.94. The Bertz CT molecular complexity index is 1170. The SMILES string of the molecule is CC(=O)c1ccc(N(C(=O)Cc2cccs2)C(C(=O)NC2CCCCC2)c2ccccc2F)cc1. The number of thiophene rings is 1. The van der Waals surface area contributed by atoms with Gasteiger partial charge in [-0.1, -0.05) is 43.5 Å². The summed E-state index contributed by atoms with van der Waals surface area (Å²) in [6.07, 6.45) is 5.01. The molecule has 0 bridgehead atoms. The van der Waals surface area contributed by atoms with E-state index < -0.39 is 17.8 Å². The van der Waals surface area contributed by atoms with Gasteiger partial charge >= 0.3 is 0 Å². The summed E-state index contributed by atoms with van der Waals surface area (Å²) in [6.45, 7) is 1.47. The van der Waals surface area contributed by atoms with Crippen molar-refractivity contribution in [1.82, 2.24) is 5.32 Å². The number of anilines is 1. The van der Waals surface area contributed by atoms with Gasteiger partial charge in [0.05, 0.1) is 6.42 Å². The monoisotopic (exact) mass is 492 g/mol. The Morgan fingerprint density at radius 2 is 1.71 bits per heavy atom. The van der Waals surface area contributed by atoms with Crippen LogP contribution in [-0.4, -0.2) is 23.6 Å². The number of ketones is 1. The average Bonchev–Trinajstić information content (AvgIpc) is 3.36. The molecule has 2 aromatic carbocycles. The molecule has 3 aromatic rings. The van der Waals surface area contributed by atoms with E-state index in [9.17, 15) is 14.4 Å². The minimum atomic E-state index is -1.19. The zero-order valence-corrected chi connectivity index (χ0v) is 20.5. The van der Waals surface area contributed by atoms with Crippen molar-refractivity contribution in [3.63, 3.8) is 0 Å². The second-order valence-corrected chi connectivity index (χ2v) is 9.92. The molecule has 1 N–H and O–H groups in total. The van der Waals surface area contributed by atoms with Crippen molar-refractivity contribution in [3.8, 4) is 0 Å². The van der Waals surface area contributed by atoms with Gasteiger partial charge in [-0.05, 0) is 61.5 Å². The van der Waals surface area contributed by atoms with E-state index in [1.165, 1.54) is 29.2 Å². The molecule has 1 unspecified atom stereocenters. The summed E-state index contributed by atoms with van der Waals surface area (Å²) in [5.41, 5.74) is 1.06. The van der Waals surface area contributed by atoms with Gasteiger partial charge in [0, 0.05) is 27.7 Å². The van der Waals surface area contributed by atoms with E-state index in [2.05, 4.69) is 5.32 Å². The van der Waals surface area contributed by atoms with Gasteiger partial charge in [-0.2, -0.15) is 0 Å². The van der Waals surface area contributed by atoms with E-state index in [1.54, 1.807) is 42.5 Å². The van der Waals surface area contributed by atoms with Crippen LogP contribution in [0.4, 0.5) is 10.1 Å². The molecule has 0 aliphatic heterocycles. The number of nitrogens with zero attached hydrogens (tertiary/aromatic N) is 1. The molecule has 1 fully saturated rings. The Morgan fingerprint density at radius 3 is 2.34 bits per heavy atom. The number of halogens is 1. The first-order valence-electron chi connectivity index (χ1n) is 11.9. The highest BCUT2D eigenvalue weighted by Crippen LogP contribution is 2.32. The van der Waals surface area contributed by atoms with E-state index in [0.717, 1.165) is 37.0 Å². The summed E-state index contributed by atoms with van der Waals surface area (Å²) in [4.78, 5) is 41.5. The molecular weight excluding hydrogens is 463 g/mol. The first-order chi connectivity index (χ1) is 16.9. The molecule has 1 atom stereocenters. The molecule has 0 saturated heterocycles. The van der Waals surface area contributed by atoms with Gasteiger partial charge in [0.1, 0.15) is 11.9 Å². The highest BCUT2D eigenvalue weighted by Gasteiger charge is 2.35. The normalized spacial score (nSPS) is 14.8. The molecule has 1 heterocycles. The van der Waals surface area contributed by atoms with Crippen LogP contribution < -0.4 is 10.2 Å². The first-order valence-corrected chi connectivity index (χ1v) is 12.8. The maximum Gasteiger partial charge on any atom is 0.248 e. The number of hydrogen-bond acceptors (Lipinski definition) is 4. The Balaban J connectivity index is 1.77. The second-order valence-electron chi connectivity index (χ2n) is 8.89. The Labute approximate surface area is 209 Å². The summed E-state index contributed by atoms with van der Waals surface area (Å²) >= 11 is 1.45. The van der Waals surface area contributed by atoms with E-state index in [-0.39, 0.29) is 29.7 Å². The fraction of sp³-hybridized carbons (Fsp3) is 0.321. The Morgan fingerprint density at radius 1 is 1.00 bits per heavy atom. The molecule has 2 amide bonds. The van der Waals surface area contributed by atoms with Crippen molar-refractivity contribution >= 4 is 34.6 Å². The number of carbonyl (C=O) groups is 3. The van der Waals surface area contributed by atoms with Crippen LogP contribution in [0.3, 0.4) is 0 Å². The van der Waals surface area contributed by atoms with Crippen molar-refractivity contribution < 1.29 is 18.8 Å². The molecule has 35 heavy (non-hydrogen) atoms. The van der Waals surface area contributed by atoms with E-state index in [0.29, 0.717) is 11.3 Å². The zero-order chi connectivity index (χ0) is 24.8. The van der Waals surface area contributed by atoms with Crippen LogP contribution in [0, 0.1) is 5.82 Å². The number of benzene rings is 2. The van der Waals surface area contributed by atoms with Crippen LogP contribution in [-0.2, 0) is 16.0 Å². The highest BCUT2D eigenvalue weighted by molar-refractivity contribution is 7.10. The molecular formula is C28H29FN2O3S. The van der Waals surface area contributed by atoms with E-state index in [4.69, 9.17) is 0 Å². The second kappa shape index (κ2) is 11.4. The van der Waals surface area contributed by atoms with E-state index >= 15 is 4.39 Å². The Kier molecular flexibility index (Phi) is 8.08. The van der Waals surface area contributed by atoms with Crippen molar-refractivity contribution in [2.75, 3.05) is 4.90 Å². The van der Waals surface area contributed by atoms with Crippen molar-refractivity contribution in [1.29, 1.82) is 0 Å². The summed E-state index contributed by atoms with van der Waals surface area (Å²) in [5.74, 6) is -1.38. The maximum atomic E-state index is 15.1. The lowest BCUT2D eigenvalue weighted by molar-refractivity contribution is -0.127. The maximum absolute atomic E-state index is 15.1.